The number of aromatic nitrogens is 3. The SMILES string of the molecule is COC(=O)c1ccccc1Nc1nncc(Nc2cccc(Cl)c2Cl)n1. The third kappa shape index (κ3) is 4.01. The molecule has 0 saturated heterocycles. The quantitative estimate of drug-likeness (QED) is 0.622. The number of carbonyl (C=O) groups is 1. The Morgan fingerprint density at radius 2 is 1.81 bits per heavy atom. The summed E-state index contributed by atoms with van der Waals surface area (Å²) >= 11 is 12.2. The number of hydrogen-bond donors (Lipinski definition) is 2. The zero-order chi connectivity index (χ0) is 18.5. The van der Waals surface area contributed by atoms with Gasteiger partial charge in [0.25, 0.3) is 0 Å². The molecule has 0 atom stereocenters. The third-order valence-corrected chi connectivity index (χ3v) is 4.17. The van der Waals surface area contributed by atoms with Crippen LogP contribution in [0.15, 0.2) is 48.7 Å². The topological polar surface area (TPSA) is 89.0 Å². The molecule has 0 aliphatic rings. The van der Waals surface area contributed by atoms with Gasteiger partial charge < -0.3 is 15.4 Å². The minimum atomic E-state index is -0.471. The van der Waals surface area contributed by atoms with Crippen LogP contribution in [0.5, 0.6) is 0 Å². The predicted molar refractivity (Wildman–Crippen MR) is 101 cm³/mol. The molecule has 2 N–H and O–H groups in total. The highest BCUT2D eigenvalue weighted by Crippen LogP contribution is 2.31. The molecule has 0 saturated carbocycles. The highest BCUT2D eigenvalue weighted by Gasteiger charge is 2.13. The summed E-state index contributed by atoms with van der Waals surface area (Å²) in [4.78, 5) is 16.2. The van der Waals surface area contributed by atoms with E-state index in [0.29, 0.717) is 32.8 Å². The van der Waals surface area contributed by atoms with Crippen molar-refractivity contribution in [3.8, 4) is 0 Å². The second-order valence-corrected chi connectivity index (χ2v) is 5.84. The number of ether oxygens (including phenoxy) is 1. The number of rotatable bonds is 5. The molecule has 1 aromatic heterocycles. The molecule has 0 unspecified atom stereocenters. The Hall–Kier alpha value is -2.90. The van der Waals surface area contributed by atoms with Crippen molar-refractivity contribution < 1.29 is 9.53 Å². The first-order valence-corrected chi connectivity index (χ1v) is 8.19. The number of methoxy groups -OCH3 is 1. The highest BCUT2D eigenvalue weighted by atomic mass is 35.5. The zero-order valence-corrected chi connectivity index (χ0v) is 15.0. The van der Waals surface area contributed by atoms with Gasteiger partial charge in [0.1, 0.15) is 0 Å². The lowest BCUT2D eigenvalue weighted by Crippen LogP contribution is -2.08. The number of hydrogen-bond acceptors (Lipinski definition) is 7. The van der Waals surface area contributed by atoms with Gasteiger partial charge in [-0.2, -0.15) is 10.1 Å². The lowest BCUT2D eigenvalue weighted by Gasteiger charge is -2.11. The minimum Gasteiger partial charge on any atom is -0.465 e. The van der Waals surface area contributed by atoms with Crippen LogP contribution in [0.3, 0.4) is 0 Å². The lowest BCUT2D eigenvalue weighted by molar-refractivity contribution is 0.0602. The molecule has 1 heterocycles. The zero-order valence-electron chi connectivity index (χ0n) is 13.5. The molecule has 0 aliphatic carbocycles. The van der Waals surface area contributed by atoms with Crippen molar-refractivity contribution in [1.82, 2.24) is 15.2 Å². The van der Waals surface area contributed by atoms with Crippen LogP contribution in [0, 0.1) is 0 Å². The van der Waals surface area contributed by atoms with Crippen LogP contribution >= 0.6 is 23.2 Å². The number of anilines is 4. The van der Waals surface area contributed by atoms with E-state index in [4.69, 9.17) is 27.9 Å². The monoisotopic (exact) mass is 389 g/mol. The fourth-order valence-electron chi connectivity index (χ4n) is 2.16. The van der Waals surface area contributed by atoms with E-state index in [0.717, 1.165) is 0 Å². The van der Waals surface area contributed by atoms with E-state index >= 15 is 0 Å². The molecule has 0 spiro atoms. The molecule has 0 bridgehead atoms. The van der Waals surface area contributed by atoms with Gasteiger partial charge in [0.05, 0.1) is 40.3 Å². The summed E-state index contributed by atoms with van der Waals surface area (Å²) in [6, 6.07) is 12.1. The molecule has 0 aliphatic heterocycles. The summed E-state index contributed by atoms with van der Waals surface area (Å²) < 4.78 is 4.77. The van der Waals surface area contributed by atoms with Crippen molar-refractivity contribution in [3.05, 3.63) is 64.3 Å². The van der Waals surface area contributed by atoms with Crippen molar-refractivity contribution in [3.63, 3.8) is 0 Å². The van der Waals surface area contributed by atoms with Crippen LogP contribution in [0.1, 0.15) is 10.4 Å². The van der Waals surface area contributed by atoms with Crippen LogP contribution in [-0.4, -0.2) is 28.3 Å². The summed E-state index contributed by atoms with van der Waals surface area (Å²) in [5.41, 5.74) is 1.44. The maximum Gasteiger partial charge on any atom is 0.339 e. The minimum absolute atomic E-state index is 0.199. The van der Waals surface area contributed by atoms with Crippen molar-refractivity contribution in [2.24, 2.45) is 0 Å². The van der Waals surface area contributed by atoms with Crippen LogP contribution in [-0.2, 0) is 4.74 Å². The Kier molecular flexibility index (Phi) is 5.50. The molecule has 7 nitrogen and oxygen atoms in total. The van der Waals surface area contributed by atoms with E-state index in [2.05, 4.69) is 25.8 Å². The van der Waals surface area contributed by atoms with Gasteiger partial charge in [-0.25, -0.2) is 4.79 Å². The first-order valence-electron chi connectivity index (χ1n) is 7.43. The Morgan fingerprint density at radius 1 is 1.04 bits per heavy atom. The number of esters is 1. The average molecular weight is 390 g/mol. The van der Waals surface area contributed by atoms with E-state index in [1.165, 1.54) is 13.3 Å². The molecule has 3 rings (SSSR count). The van der Waals surface area contributed by atoms with E-state index in [1.54, 1.807) is 42.5 Å². The standard InChI is InChI=1S/C17H13Cl2N5O2/c1-26-16(25)10-5-2-3-7-12(10)22-17-23-14(9-20-24-17)21-13-8-4-6-11(18)15(13)19/h2-9H,1H3,(H2,21,22,23,24). The normalized spacial score (nSPS) is 10.3. The number of nitrogens with one attached hydrogen (secondary N) is 2. The molecule has 0 fully saturated rings. The maximum absolute atomic E-state index is 11.8. The van der Waals surface area contributed by atoms with Crippen LogP contribution in [0.25, 0.3) is 0 Å². The Bertz CT molecular complexity index is 952. The Balaban J connectivity index is 1.85. The van der Waals surface area contributed by atoms with Crippen molar-refractivity contribution in [2.75, 3.05) is 17.7 Å². The Morgan fingerprint density at radius 3 is 2.62 bits per heavy atom. The summed E-state index contributed by atoms with van der Waals surface area (Å²) in [5.74, 6) is 0.132. The van der Waals surface area contributed by atoms with Crippen molar-refractivity contribution in [1.29, 1.82) is 0 Å². The van der Waals surface area contributed by atoms with E-state index in [-0.39, 0.29) is 5.95 Å². The molecule has 3 aromatic rings. The lowest BCUT2D eigenvalue weighted by atomic mass is 10.2. The predicted octanol–water partition coefficient (Wildman–Crippen LogP) is 4.45. The first-order chi connectivity index (χ1) is 12.6. The van der Waals surface area contributed by atoms with E-state index in [9.17, 15) is 4.79 Å². The fraction of sp³-hybridized carbons (Fsp3) is 0.0588. The molecule has 9 heteroatoms. The largest absolute Gasteiger partial charge is 0.465 e. The number of carbonyl (C=O) groups excluding carboxylic acids is 1. The number of nitrogens with zero attached hydrogens (tertiary/aromatic N) is 3. The summed E-state index contributed by atoms with van der Waals surface area (Å²) in [6.45, 7) is 0. The average Bonchev–Trinajstić information content (AvgIpc) is 2.66. The molecule has 132 valence electrons. The Labute approximate surface area is 159 Å². The maximum atomic E-state index is 11.8. The first kappa shape index (κ1) is 17.9. The molecule has 26 heavy (non-hydrogen) atoms. The van der Waals surface area contributed by atoms with Crippen molar-refractivity contribution >= 4 is 52.3 Å². The number of para-hydroxylation sites is 1. The van der Waals surface area contributed by atoms with E-state index < -0.39 is 5.97 Å². The van der Waals surface area contributed by atoms with E-state index in [1.807, 2.05) is 0 Å². The smallest absolute Gasteiger partial charge is 0.339 e. The molecular formula is C17H13Cl2N5O2. The van der Waals surface area contributed by atoms with Gasteiger partial charge in [0.2, 0.25) is 5.95 Å². The number of benzene rings is 2. The van der Waals surface area contributed by atoms with Crippen LogP contribution in [0.2, 0.25) is 10.0 Å². The van der Waals surface area contributed by atoms with Gasteiger partial charge >= 0.3 is 5.97 Å². The van der Waals surface area contributed by atoms with Crippen LogP contribution in [0.4, 0.5) is 23.1 Å². The van der Waals surface area contributed by atoms with Gasteiger partial charge in [-0.05, 0) is 24.3 Å². The second-order valence-electron chi connectivity index (χ2n) is 5.05. The highest BCUT2D eigenvalue weighted by molar-refractivity contribution is 6.43. The summed E-state index contributed by atoms with van der Waals surface area (Å²) in [6.07, 6.45) is 1.44. The summed E-state index contributed by atoms with van der Waals surface area (Å²) in [7, 11) is 1.32. The second kappa shape index (κ2) is 7.99. The van der Waals surface area contributed by atoms with Crippen LogP contribution < -0.4 is 10.6 Å². The van der Waals surface area contributed by atoms with Gasteiger partial charge in [0, 0.05) is 0 Å². The van der Waals surface area contributed by atoms with Gasteiger partial charge in [-0.3, -0.25) is 0 Å². The van der Waals surface area contributed by atoms with Gasteiger partial charge in [-0.1, -0.05) is 41.4 Å². The van der Waals surface area contributed by atoms with Gasteiger partial charge in [0.15, 0.2) is 5.82 Å². The molecule has 0 amide bonds. The fourth-order valence-corrected chi connectivity index (χ4v) is 2.50. The van der Waals surface area contributed by atoms with Crippen molar-refractivity contribution in [2.45, 2.75) is 0 Å². The summed E-state index contributed by atoms with van der Waals surface area (Å²) in [5, 5.41) is 14.6. The molecule has 0 radical (unpaired) electrons. The molecule has 2 aromatic carbocycles. The third-order valence-electron chi connectivity index (χ3n) is 3.35. The number of halogens is 2. The van der Waals surface area contributed by atoms with Gasteiger partial charge in [-0.15, -0.1) is 5.10 Å². The molecular weight excluding hydrogens is 377 g/mol.